The predicted molar refractivity (Wildman–Crippen MR) is 66.2 cm³/mol. The van der Waals surface area contributed by atoms with Gasteiger partial charge in [0, 0.05) is 16.4 Å². The van der Waals surface area contributed by atoms with E-state index < -0.39 is 5.60 Å². The smallest absolute Gasteiger partial charge is 0.170 e. The minimum Gasteiger partial charge on any atom is -0.382 e. The lowest BCUT2D eigenvalue weighted by Crippen LogP contribution is -2.38. The summed E-state index contributed by atoms with van der Waals surface area (Å²) >= 11 is 3.28. The Hall–Kier alpha value is -0.740. The number of pyridine rings is 1. The Morgan fingerprint density at radius 1 is 1.44 bits per heavy atom. The minimum absolute atomic E-state index is 0.160. The van der Waals surface area contributed by atoms with Crippen molar-refractivity contribution in [1.29, 1.82) is 0 Å². The molecule has 3 nitrogen and oxygen atoms in total. The summed E-state index contributed by atoms with van der Waals surface area (Å²) in [6.07, 6.45) is 2.72. The van der Waals surface area contributed by atoms with Crippen LogP contribution in [0.4, 0.5) is 0 Å². The van der Waals surface area contributed by atoms with E-state index in [0.717, 1.165) is 4.47 Å². The molecule has 88 valence electrons. The van der Waals surface area contributed by atoms with Crippen molar-refractivity contribution in [1.82, 2.24) is 4.98 Å². The van der Waals surface area contributed by atoms with Gasteiger partial charge in [0.2, 0.25) is 0 Å². The summed E-state index contributed by atoms with van der Waals surface area (Å²) in [6, 6.07) is 3.63. The van der Waals surface area contributed by atoms with Crippen LogP contribution < -0.4 is 0 Å². The zero-order valence-corrected chi connectivity index (χ0v) is 11.1. The number of carbonyl (C=O) groups is 1. The van der Waals surface area contributed by atoms with Crippen LogP contribution in [-0.4, -0.2) is 21.5 Å². The number of aromatic nitrogens is 1. The Balaban J connectivity index is 2.74. The van der Waals surface area contributed by atoms with E-state index in [1.807, 2.05) is 19.9 Å². The van der Waals surface area contributed by atoms with Crippen molar-refractivity contribution in [3.05, 3.63) is 28.5 Å². The Labute approximate surface area is 104 Å². The van der Waals surface area contributed by atoms with Crippen molar-refractivity contribution in [2.45, 2.75) is 38.7 Å². The maximum Gasteiger partial charge on any atom is 0.170 e. The van der Waals surface area contributed by atoms with Crippen LogP contribution in [0.1, 0.15) is 32.4 Å². The molecule has 0 aliphatic carbocycles. The first-order valence-corrected chi connectivity index (χ1v) is 6.17. The summed E-state index contributed by atoms with van der Waals surface area (Å²) in [5.41, 5.74) is -0.511. The normalized spacial score (nSPS) is 11.5. The minimum atomic E-state index is -1.20. The van der Waals surface area contributed by atoms with Gasteiger partial charge in [0.05, 0.1) is 6.42 Å². The summed E-state index contributed by atoms with van der Waals surface area (Å²) in [5, 5.41) is 10.0. The van der Waals surface area contributed by atoms with Crippen LogP contribution in [0.3, 0.4) is 0 Å². The molecule has 0 aliphatic rings. The van der Waals surface area contributed by atoms with Gasteiger partial charge in [-0.05, 0) is 40.9 Å². The predicted octanol–water partition coefficient (Wildman–Crippen LogP) is 2.51. The molecule has 0 fully saturated rings. The van der Waals surface area contributed by atoms with E-state index in [4.69, 9.17) is 0 Å². The number of halogens is 1. The lowest BCUT2D eigenvalue weighted by atomic mass is 9.89. The van der Waals surface area contributed by atoms with Gasteiger partial charge in [0.1, 0.15) is 5.60 Å². The van der Waals surface area contributed by atoms with Gasteiger partial charge < -0.3 is 5.11 Å². The van der Waals surface area contributed by atoms with E-state index in [9.17, 15) is 9.90 Å². The second-order valence-corrected chi connectivity index (χ2v) is 4.72. The van der Waals surface area contributed by atoms with Crippen molar-refractivity contribution in [3.63, 3.8) is 0 Å². The van der Waals surface area contributed by atoms with Crippen LogP contribution in [0.2, 0.25) is 0 Å². The van der Waals surface area contributed by atoms with Gasteiger partial charge in [-0.3, -0.25) is 9.78 Å². The molecule has 0 saturated heterocycles. The third-order valence-corrected chi connectivity index (χ3v) is 3.29. The fourth-order valence-corrected chi connectivity index (χ4v) is 1.72. The van der Waals surface area contributed by atoms with Gasteiger partial charge in [-0.25, -0.2) is 0 Å². The van der Waals surface area contributed by atoms with Gasteiger partial charge in [-0.15, -0.1) is 0 Å². The van der Waals surface area contributed by atoms with Crippen molar-refractivity contribution < 1.29 is 9.90 Å². The van der Waals surface area contributed by atoms with Crippen LogP contribution in [0.15, 0.2) is 22.8 Å². The van der Waals surface area contributed by atoms with Crippen LogP contribution in [0.5, 0.6) is 0 Å². The van der Waals surface area contributed by atoms with Gasteiger partial charge in [0.25, 0.3) is 0 Å². The van der Waals surface area contributed by atoms with Crippen LogP contribution in [-0.2, 0) is 11.2 Å². The van der Waals surface area contributed by atoms with Crippen molar-refractivity contribution in [2.75, 3.05) is 0 Å². The van der Waals surface area contributed by atoms with Gasteiger partial charge >= 0.3 is 0 Å². The molecule has 0 aromatic carbocycles. The maximum atomic E-state index is 11.9. The van der Waals surface area contributed by atoms with E-state index in [1.165, 1.54) is 0 Å². The first kappa shape index (κ1) is 13.3. The Bertz CT molecular complexity index is 358. The monoisotopic (exact) mass is 285 g/mol. The highest BCUT2D eigenvalue weighted by Crippen LogP contribution is 2.18. The molecule has 0 radical (unpaired) electrons. The fourth-order valence-electron chi connectivity index (χ4n) is 1.48. The second kappa shape index (κ2) is 5.55. The molecule has 0 unspecified atom stereocenters. The van der Waals surface area contributed by atoms with E-state index in [1.54, 1.807) is 12.3 Å². The number of carbonyl (C=O) groups excluding carboxylic acids is 1. The maximum absolute atomic E-state index is 11.9. The van der Waals surface area contributed by atoms with E-state index in [2.05, 4.69) is 20.9 Å². The molecule has 1 heterocycles. The molecular weight excluding hydrogens is 270 g/mol. The van der Waals surface area contributed by atoms with Crippen molar-refractivity contribution in [2.24, 2.45) is 0 Å². The van der Waals surface area contributed by atoms with Crippen molar-refractivity contribution in [3.8, 4) is 0 Å². The van der Waals surface area contributed by atoms with Gasteiger partial charge in [0.15, 0.2) is 5.78 Å². The third kappa shape index (κ3) is 3.12. The van der Waals surface area contributed by atoms with E-state index in [0.29, 0.717) is 18.5 Å². The highest BCUT2D eigenvalue weighted by atomic mass is 79.9. The van der Waals surface area contributed by atoms with Crippen LogP contribution in [0, 0.1) is 0 Å². The second-order valence-electron chi connectivity index (χ2n) is 3.81. The van der Waals surface area contributed by atoms with Gasteiger partial charge in [-0.1, -0.05) is 13.8 Å². The highest BCUT2D eigenvalue weighted by Gasteiger charge is 2.31. The average Bonchev–Trinajstić information content (AvgIpc) is 2.31. The number of rotatable bonds is 5. The number of hydrogen-bond donors (Lipinski definition) is 1. The molecule has 0 spiro atoms. The number of hydrogen-bond acceptors (Lipinski definition) is 3. The molecule has 0 atom stereocenters. The van der Waals surface area contributed by atoms with Gasteiger partial charge in [-0.2, -0.15) is 0 Å². The molecule has 1 aromatic heterocycles. The highest BCUT2D eigenvalue weighted by molar-refractivity contribution is 9.10. The Morgan fingerprint density at radius 3 is 2.50 bits per heavy atom. The number of ketones is 1. The fraction of sp³-hybridized carbons (Fsp3) is 0.500. The quantitative estimate of drug-likeness (QED) is 0.904. The lowest BCUT2D eigenvalue weighted by Gasteiger charge is -2.23. The SMILES string of the molecule is CCC(O)(CC)C(=O)Cc1ccc(Br)cn1. The largest absolute Gasteiger partial charge is 0.382 e. The van der Waals surface area contributed by atoms with Crippen molar-refractivity contribution >= 4 is 21.7 Å². The molecule has 0 amide bonds. The molecule has 1 rings (SSSR count). The molecular formula is C12H16BrNO2. The summed E-state index contributed by atoms with van der Waals surface area (Å²) in [6.45, 7) is 3.63. The lowest BCUT2D eigenvalue weighted by molar-refractivity contribution is -0.137. The van der Waals surface area contributed by atoms with E-state index in [-0.39, 0.29) is 12.2 Å². The zero-order valence-electron chi connectivity index (χ0n) is 9.53. The molecule has 4 heteroatoms. The summed E-state index contributed by atoms with van der Waals surface area (Å²) in [7, 11) is 0. The average molecular weight is 286 g/mol. The molecule has 1 N–H and O–H groups in total. The number of nitrogens with zero attached hydrogens (tertiary/aromatic N) is 1. The van der Waals surface area contributed by atoms with E-state index >= 15 is 0 Å². The molecule has 0 saturated carbocycles. The topological polar surface area (TPSA) is 50.2 Å². The third-order valence-electron chi connectivity index (χ3n) is 2.82. The molecule has 1 aromatic rings. The Morgan fingerprint density at radius 2 is 2.06 bits per heavy atom. The summed E-state index contributed by atoms with van der Waals surface area (Å²) in [5.74, 6) is -0.160. The number of Topliss-reactive ketones (excluding diaryl/α,β-unsaturated/α-hetero) is 1. The summed E-state index contributed by atoms with van der Waals surface area (Å²) < 4.78 is 0.880. The summed E-state index contributed by atoms with van der Waals surface area (Å²) in [4.78, 5) is 16.0. The van der Waals surface area contributed by atoms with Crippen LogP contribution in [0.25, 0.3) is 0 Å². The molecule has 0 bridgehead atoms. The molecule has 16 heavy (non-hydrogen) atoms. The number of aliphatic hydroxyl groups is 1. The standard InChI is InChI=1S/C12H16BrNO2/c1-3-12(16,4-2)11(15)7-10-6-5-9(13)8-14-10/h5-6,8,16H,3-4,7H2,1-2H3. The first-order chi connectivity index (χ1) is 7.51. The zero-order chi connectivity index (χ0) is 12.2. The Kier molecular flexibility index (Phi) is 4.62. The first-order valence-electron chi connectivity index (χ1n) is 5.38. The van der Waals surface area contributed by atoms with Crippen LogP contribution >= 0.6 is 15.9 Å². The molecule has 0 aliphatic heterocycles.